The molecule has 2 fully saturated rings. The molecule has 0 spiro atoms. The molecule has 4 rings (SSSR count). The summed E-state index contributed by atoms with van der Waals surface area (Å²) in [5.41, 5.74) is 2.41. The first-order chi connectivity index (χ1) is 10.8. The minimum absolute atomic E-state index is 0.134. The number of fused-ring (bicyclic) bond motifs is 4. The zero-order valence-electron chi connectivity index (χ0n) is 14.1. The van der Waals surface area contributed by atoms with E-state index in [-0.39, 0.29) is 16.9 Å². The number of aliphatic hydroxyl groups is 2. The van der Waals surface area contributed by atoms with E-state index in [1.54, 1.807) is 5.57 Å². The van der Waals surface area contributed by atoms with Gasteiger partial charge in [-0.1, -0.05) is 0 Å². The SMILES string of the molecule is C[C@]12C=C[C@H](O)CC1CCC1=C3CC[C@@](O)([C]#[Cr])[C@@]3(C)CCC12. The van der Waals surface area contributed by atoms with Crippen molar-refractivity contribution in [2.24, 2.45) is 22.7 Å². The Morgan fingerprint density at radius 1 is 1.22 bits per heavy atom. The Kier molecular flexibility index (Phi) is 3.60. The maximum absolute atomic E-state index is 11.1. The van der Waals surface area contributed by atoms with Crippen LogP contribution in [0.1, 0.15) is 58.8 Å². The van der Waals surface area contributed by atoms with Crippen molar-refractivity contribution in [3.05, 3.63) is 23.3 Å². The summed E-state index contributed by atoms with van der Waals surface area (Å²) in [6, 6.07) is 0. The van der Waals surface area contributed by atoms with Crippen molar-refractivity contribution >= 4 is 0 Å². The van der Waals surface area contributed by atoms with Crippen molar-refractivity contribution < 1.29 is 25.9 Å². The van der Waals surface area contributed by atoms with Crippen LogP contribution in [-0.2, 0) is 15.7 Å². The van der Waals surface area contributed by atoms with E-state index in [1.807, 2.05) is 6.08 Å². The van der Waals surface area contributed by atoms with E-state index in [0.29, 0.717) is 11.8 Å². The van der Waals surface area contributed by atoms with Gasteiger partial charge in [-0.2, -0.15) is 0 Å². The molecule has 6 atom stereocenters. The topological polar surface area (TPSA) is 40.5 Å². The second-order valence-electron chi connectivity index (χ2n) is 8.65. The zero-order valence-corrected chi connectivity index (χ0v) is 15.4. The van der Waals surface area contributed by atoms with Gasteiger partial charge in [0, 0.05) is 0 Å². The van der Waals surface area contributed by atoms with Gasteiger partial charge >= 0.3 is 147 Å². The second-order valence-corrected chi connectivity index (χ2v) is 8.97. The van der Waals surface area contributed by atoms with Crippen molar-refractivity contribution in [2.45, 2.75) is 70.5 Å². The van der Waals surface area contributed by atoms with E-state index in [4.69, 9.17) is 0 Å². The molecular weight excluding hydrogens is 324 g/mol. The van der Waals surface area contributed by atoms with Gasteiger partial charge in [0.1, 0.15) is 0 Å². The Bertz CT molecular complexity index is 645. The van der Waals surface area contributed by atoms with Gasteiger partial charge < -0.3 is 0 Å². The van der Waals surface area contributed by atoms with Crippen LogP contribution in [0.3, 0.4) is 0 Å². The second kappa shape index (κ2) is 5.11. The Morgan fingerprint density at radius 2 is 2.00 bits per heavy atom. The number of hydrogen-bond acceptors (Lipinski definition) is 2. The summed E-state index contributed by atoms with van der Waals surface area (Å²) in [5, 5.41) is 21.1. The molecule has 0 amide bonds. The quantitative estimate of drug-likeness (QED) is 0.656. The third-order valence-electron chi connectivity index (χ3n) is 7.82. The van der Waals surface area contributed by atoms with Crippen molar-refractivity contribution in [3.8, 4) is 4.69 Å². The van der Waals surface area contributed by atoms with Crippen LogP contribution in [0.15, 0.2) is 23.3 Å². The molecule has 0 aromatic carbocycles. The summed E-state index contributed by atoms with van der Waals surface area (Å²) in [7, 11) is 0. The predicted octanol–water partition coefficient (Wildman–Crippen LogP) is 3.47. The van der Waals surface area contributed by atoms with Gasteiger partial charge in [0.05, 0.1) is 0 Å². The van der Waals surface area contributed by atoms with Gasteiger partial charge in [-0.3, -0.25) is 0 Å². The number of hydrogen-bond donors (Lipinski definition) is 2. The molecule has 125 valence electrons. The standard InChI is InChI=1S/C20H27O2.Cr/c1-18-9-6-14(21)12-13(18)4-5-15-16(18)7-10-19(2)17(15)8-11-20(19,3)22;/h6,9,13-14,16,21-22H,4-5,7-8,10-12H2,1-2H3;/t13?,14-,16?,18-,19-,20-;/m0./s1. The van der Waals surface area contributed by atoms with Gasteiger partial charge in [0.2, 0.25) is 0 Å². The fourth-order valence-corrected chi connectivity index (χ4v) is 6.72. The Hall–Kier alpha value is -0.288. The molecule has 2 nitrogen and oxygen atoms in total. The minimum atomic E-state index is -0.795. The van der Waals surface area contributed by atoms with E-state index >= 15 is 0 Å². The van der Waals surface area contributed by atoms with Crippen LogP contribution >= 0.6 is 0 Å². The molecule has 2 N–H and O–H groups in total. The predicted molar refractivity (Wildman–Crippen MR) is 86.5 cm³/mol. The molecule has 0 radical (unpaired) electrons. The van der Waals surface area contributed by atoms with Gasteiger partial charge in [-0.05, 0) is 0 Å². The van der Waals surface area contributed by atoms with Gasteiger partial charge in [0.15, 0.2) is 0 Å². The van der Waals surface area contributed by atoms with Crippen LogP contribution in [0.4, 0.5) is 0 Å². The summed E-state index contributed by atoms with van der Waals surface area (Å²) in [6.07, 6.45) is 11.3. The first-order valence-electron chi connectivity index (χ1n) is 9.05. The van der Waals surface area contributed by atoms with Crippen molar-refractivity contribution in [1.82, 2.24) is 0 Å². The van der Waals surface area contributed by atoms with Gasteiger partial charge in [-0.25, -0.2) is 0 Å². The normalized spacial score (nSPS) is 51.7. The molecule has 0 saturated heterocycles. The average Bonchev–Trinajstić information content (AvgIpc) is 2.80. The van der Waals surface area contributed by atoms with E-state index < -0.39 is 5.60 Å². The first kappa shape index (κ1) is 16.2. The fraction of sp³-hybridized carbons (Fsp3) is 0.750. The third-order valence-corrected chi connectivity index (χ3v) is 8.35. The molecule has 23 heavy (non-hydrogen) atoms. The molecule has 0 aromatic rings. The monoisotopic (exact) mass is 351 g/mol. The molecule has 0 heterocycles. The molecule has 4 aliphatic carbocycles. The summed E-state index contributed by atoms with van der Waals surface area (Å²) < 4.78 is 3.10. The maximum atomic E-state index is 11.1. The molecule has 0 aromatic heterocycles. The fourth-order valence-electron chi connectivity index (χ4n) is 6.21. The number of rotatable bonds is 0. The Balaban J connectivity index is 1.80. The van der Waals surface area contributed by atoms with E-state index in [0.717, 1.165) is 38.5 Å². The summed E-state index contributed by atoms with van der Waals surface area (Å²) in [4.78, 5) is 0. The van der Waals surface area contributed by atoms with Crippen LogP contribution in [0, 0.1) is 27.4 Å². The molecule has 2 unspecified atom stereocenters. The van der Waals surface area contributed by atoms with Crippen molar-refractivity contribution in [3.63, 3.8) is 0 Å². The van der Waals surface area contributed by atoms with E-state index in [1.165, 1.54) is 12.0 Å². The Morgan fingerprint density at radius 3 is 2.74 bits per heavy atom. The Labute approximate surface area is 147 Å². The molecule has 0 bridgehead atoms. The van der Waals surface area contributed by atoms with Gasteiger partial charge in [-0.15, -0.1) is 0 Å². The summed E-state index contributed by atoms with van der Waals surface area (Å²) in [6.45, 7) is 4.65. The molecule has 4 aliphatic rings. The van der Waals surface area contributed by atoms with Crippen LogP contribution in [0.5, 0.6) is 0 Å². The van der Waals surface area contributed by atoms with Crippen molar-refractivity contribution in [1.29, 1.82) is 0 Å². The van der Waals surface area contributed by atoms with E-state index in [2.05, 4.69) is 40.3 Å². The van der Waals surface area contributed by atoms with Crippen LogP contribution < -0.4 is 0 Å². The molecule has 3 heteroatoms. The third kappa shape index (κ3) is 2.01. The van der Waals surface area contributed by atoms with Crippen LogP contribution in [-0.4, -0.2) is 21.9 Å². The molecular formula is C20H27CrO2. The van der Waals surface area contributed by atoms with Gasteiger partial charge in [0.25, 0.3) is 0 Å². The zero-order chi connectivity index (χ0) is 16.5. The van der Waals surface area contributed by atoms with Crippen molar-refractivity contribution in [2.75, 3.05) is 0 Å². The average molecular weight is 351 g/mol. The first-order valence-corrected chi connectivity index (χ1v) is 9.69. The molecule has 2 saturated carbocycles. The van der Waals surface area contributed by atoms with Crippen LogP contribution in [0.2, 0.25) is 0 Å². The number of allylic oxidation sites excluding steroid dienone is 2. The summed E-state index contributed by atoms with van der Waals surface area (Å²) in [5.74, 6) is 1.19. The summed E-state index contributed by atoms with van der Waals surface area (Å²) >= 11 is 2.85. The molecule has 0 aliphatic heterocycles. The van der Waals surface area contributed by atoms with Crippen LogP contribution in [0.25, 0.3) is 0 Å². The number of aliphatic hydroxyl groups excluding tert-OH is 1. The van der Waals surface area contributed by atoms with E-state index in [9.17, 15) is 10.2 Å².